The maximum atomic E-state index is 10.5. The molecule has 3 aromatic rings. The first-order chi connectivity index (χ1) is 11.5. The Morgan fingerprint density at radius 1 is 1.17 bits per heavy atom. The molecule has 0 unspecified atom stereocenters. The fourth-order valence-electron chi connectivity index (χ4n) is 2.26. The van der Waals surface area contributed by atoms with E-state index in [1.165, 1.54) is 15.8 Å². The average molecular weight is 339 g/mol. The Labute approximate surface area is 144 Å². The molecule has 0 bridgehead atoms. The van der Waals surface area contributed by atoms with E-state index in [0.717, 1.165) is 16.1 Å². The summed E-state index contributed by atoms with van der Waals surface area (Å²) in [5.74, 6) is -0.444. The van der Waals surface area contributed by atoms with Crippen molar-refractivity contribution in [1.82, 2.24) is 4.98 Å². The quantitative estimate of drug-likeness (QED) is 0.741. The Hall–Kier alpha value is -2.66. The number of hydrogen-bond acceptors (Lipinski definition) is 4. The second kappa shape index (κ2) is 6.84. The minimum absolute atomic E-state index is 0.334. The predicted molar refractivity (Wildman–Crippen MR) is 97.6 cm³/mol. The summed E-state index contributed by atoms with van der Waals surface area (Å²) < 4.78 is 6.30. The molecule has 1 N–H and O–H groups in total. The van der Waals surface area contributed by atoms with Crippen molar-refractivity contribution in [1.29, 1.82) is 0 Å². The summed E-state index contributed by atoms with van der Waals surface area (Å²) in [5.41, 5.74) is 4.56. The van der Waals surface area contributed by atoms with E-state index in [1.54, 1.807) is 23.5 Å². The van der Waals surface area contributed by atoms with Gasteiger partial charge in [-0.25, -0.2) is 9.78 Å². The Bertz CT molecular complexity index is 871. The van der Waals surface area contributed by atoms with Gasteiger partial charge in [0, 0.05) is 0 Å². The lowest BCUT2D eigenvalue weighted by atomic mass is 10.1. The van der Waals surface area contributed by atoms with Crippen molar-refractivity contribution in [3.63, 3.8) is 0 Å². The SMILES string of the molecule is Cc1cc2nc(/C=C/c3ccc(OCC(=O)O)cc3)sc2cc1C. The predicted octanol–water partition coefficient (Wildman–Crippen LogP) is 4.55. The van der Waals surface area contributed by atoms with Crippen molar-refractivity contribution >= 4 is 39.7 Å². The smallest absolute Gasteiger partial charge is 0.341 e. The average Bonchev–Trinajstić information content (AvgIpc) is 2.94. The summed E-state index contributed by atoms with van der Waals surface area (Å²) in [7, 11) is 0. The molecule has 122 valence electrons. The molecule has 0 aliphatic rings. The first-order valence-corrected chi connectivity index (χ1v) is 8.33. The maximum Gasteiger partial charge on any atom is 0.341 e. The number of aryl methyl sites for hydroxylation is 2. The van der Waals surface area contributed by atoms with E-state index < -0.39 is 5.97 Å². The Morgan fingerprint density at radius 2 is 1.88 bits per heavy atom. The summed E-state index contributed by atoms with van der Waals surface area (Å²) in [6, 6.07) is 11.6. The first kappa shape index (κ1) is 16.2. The van der Waals surface area contributed by atoms with Gasteiger partial charge in [-0.2, -0.15) is 0 Å². The lowest BCUT2D eigenvalue weighted by Crippen LogP contribution is -2.09. The Morgan fingerprint density at radius 3 is 2.58 bits per heavy atom. The molecule has 1 heterocycles. The number of carbonyl (C=O) groups is 1. The van der Waals surface area contributed by atoms with Crippen molar-refractivity contribution in [3.8, 4) is 5.75 Å². The number of ether oxygens (including phenoxy) is 1. The van der Waals surface area contributed by atoms with E-state index >= 15 is 0 Å². The maximum absolute atomic E-state index is 10.5. The number of nitrogens with zero attached hydrogens (tertiary/aromatic N) is 1. The highest BCUT2D eigenvalue weighted by Crippen LogP contribution is 2.26. The molecule has 5 heteroatoms. The van der Waals surface area contributed by atoms with Gasteiger partial charge in [0.25, 0.3) is 0 Å². The molecular weight excluding hydrogens is 322 g/mol. The van der Waals surface area contributed by atoms with Crippen LogP contribution in [0.5, 0.6) is 5.75 Å². The van der Waals surface area contributed by atoms with Crippen LogP contribution in [-0.4, -0.2) is 22.7 Å². The third-order valence-corrected chi connectivity index (χ3v) is 4.66. The van der Waals surface area contributed by atoms with Crippen molar-refractivity contribution in [2.45, 2.75) is 13.8 Å². The Balaban J connectivity index is 1.74. The molecule has 0 spiro atoms. The minimum atomic E-state index is -0.986. The third kappa shape index (κ3) is 3.81. The Kier molecular flexibility index (Phi) is 4.62. The molecule has 24 heavy (non-hydrogen) atoms. The van der Waals surface area contributed by atoms with Crippen LogP contribution in [0.2, 0.25) is 0 Å². The van der Waals surface area contributed by atoms with Crippen LogP contribution in [0, 0.1) is 13.8 Å². The van der Waals surface area contributed by atoms with E-state index in [-0.39, 0.29) is 6.61 Å². The summed E-state index contributed by atoms with van der Waals surface area (Å²) in [5, 5.41) is 9.55. The number of aromatic nitrogens is 1. The van der Waals surface area contributed by atoms with Crippen LogP contribution in [0.4, 0.5) is 0 Å². The van der Waals surface area contributed by atoms with Crippen molar-refractivity contribution < 1.29 is 14.6 Å². The monoisotopic (exact) mass is 339 g/mol. The van der Waals surface area contributed by atoms with Crippen molar-refractivity contribution in [2.24, 2.45) is 0 Å². The summed E-state index contributed by atoms with van der Waals surface area (Å²) in [4.78, 5) is 15.1. The van der Waals surface area contributed by atoms with Crippen molar-refractivity contribution in [3.05, 3.63) is 58.1 Å². The van der Waals surface area contributed by atoms with Crippen LogP contribution in [0.1, 0.15) is 21.7 Å². The summed E-state index contributed by atoms with van der Waals surface area (Å²) >= 11 is 1.67. The number of thiazole rings is 1. The zero-order chi connectivity index (χ0) is 17.1. The lowest BCUT2D eigenvalue weighted by Gasteiger charge is -2.02. The van der Waals surface area contributed by atoms with Gasteiger partial charge in [-0.1, -0.05) is 18.2 Å². The van der Waals surface area contributed by atoms with Gasteiger partial charge >= 0.3 is 5.97 Å². The van der Waals surface area contributed by atoms with E-state index in [9.17, 15) is 4.79 Å². The van der Waals surface area contributed by atoms with Crippen LogP contribution >= 0.6 is 11.3 Å². The molecule has 1 aromatic heterocycles. The third-order valence-electron chi connectivity index (χ3n) is 3.68. The van der Waals surface area contributed by atoms with Gasteiger partial charge in [0.2, 0.25) is 0 Å². The zero-order valence-corrected chi connectivity index (χ0v) is 14.3. The van der Waals surface area contributed by atoms with Gasteiger partial charge in [0.1, 0.15) is 10.8 Å². The van der Waals surface area contributed by atoms with Crippen LogP contribution in [0.3, 0.4) is 0 Å². The fraction of sp³-hybridized carbons (Fsp3) is 0.158. The van der Waals surface area contributed by atoms with Gasteiger partial charge in [-0.15, -0.1) is 11.3 Å². The van der Waals surface area contributed by atoms with E-state index in [2.05, 4.69) is 31.0 Å². The lowest BCUT2D eigenvalue weighted by molar-refractivity contribution is -0.139. The number of fused-ring (bicyclic) bond motifs is 1. The number of rotatable bonds is 5. The largest absolute Gasteiger partial charge is 0.482 e. The van der Waals surface area contributed by atoms with Crippen molar-refractivity contribution in [2.75, 3.05) is 6.61 Å². The fourth-order valence-corrected chi connectivity index (χ4v) is 3.21. The van der Waals surface area contributed by atoms with E-state index in [0.29, 0.717) is 5.75 Å². The van der Waals surface area contributed by atoms with Crippen LogP contribution in [0.15, 0.2) is 36.4 Å². The number of benzene rings is 2. The standard InChI is InChI=1S/C19H17NO3S/c1-12-9-16-17(10-13(12)2)24-18(20-16)8-5-14-3-6-15(7-4-14)23-11-19(21)22/h3-10H,11H2,1-2H3,(H,21,22)/b8-5+. The highest BCUT2D eigenvalue weighted by molar-refractivity contribution is 7.19. The molecule has 2 aromatic carbocycles. The van der Waals surface area contributed by atoms with Crippen LogP contribution in [0.25, 0.3) is 22.4 Å². The molecular formula is C19H17NO3S. The molecule has 0 atom stereocenters. The second-order valence-corrected chi connectivity index (χ2v) is 6.60. The van der Waals surface area contributed by atoms with Gasteiger partial charge in [-0.05, 0) is 60.9 Å². The molecule has 0 fully saturated rings. The summed E-state index contributed by atoms with van der Waals surface area (Å²) in [6.07, 6.45) is 3.97. The molecule has 0 saturated heterocycles. The number of carboxylic acid groups (broad SMARTS) is 1. The second-order valence-electron chi connectivity index (χ2n) is 5.54. The van der Waals surface area contributed by atoms with E-state index in [4.69, 9.17) is 9.84 Å². The minimum Gasteiger partial charge on any atom is -0.482 e. The van der Waals surface area contributed by atoms with Gasteiger partial charge in [-0.3, -0.25) is 0 Å². The summed E-state index contributed by atoms with van der Waals surface area (Å²) in [6.45, 7) is 3.87. The molecule has 3 rings (SSSR count). The van der Waals surface area contributed by atoms with Gasteiger partial charge in [0.15, 0.2) is 6.61 Å². The number of aliphatic carboxylic acids is 1. The molecule has 0 aliphatic carbocycles. The molecule has 0 amide bonds. The molecule has 4 nitrogen and oxygen atoms in total. The normalized spacial score (nSPS) is 11.2. The highest BCUT2D eigenvalue weighted by atomic mass is 32.1. The zero-order valence-electron chi connectivity index (χ0n) is 13.4. The van der Waals surface area contributed by atoms with Crippen LogP contribution < -0.4 is 4.74 Å². The molecule has 0 saturated carbocycles. The molecule has 0 aliphatic heterocycles. The van der Waals surface area contributed by atoms with Gasteiger partial charge < -0.3 is 9.84 Å². The van der Waals surface area contributed by atoms with Crippen LogP contribution in [-0.2, 0) is 4.79 Å². The van der Waals surface area contributed by atoms with Gasteiger partial charge in [0.05, 0.1) is 10.2 Å². The number of carboxylic acids is 1. The number of hydrogen-bond donors (Lipinski definition) is 1. The topological polar surface area (TPSA) is 59.4 Å². The van der Waals surface area contributed by atoms with E-state index in [1.807, 2.05) is 24.3 Å². The highest BCUT2D eigenvalue weighted by Gasteiger charge is 2.04. The first-order valence-electron chi connectivity index (χ1n) is 7.52. The molecule has 0 radical (unpaired) electrons.